The van der Waals surface area contributed by atoms with Crippen LogP contribution in [0.25, 0.3) is 6.08 Å². The number of carbonyl (C=O) groups excluding carboxylic acids is 1. The van der Waals surface area contributed by atoms with Crippen LogP contribution in [-0.2, 0) is 4.79 Å². The molecule has 1 aromatic rings. The maximum atomic E-state index is 11.7. The van der Waals surface area contributed by atoms with Gasteiger partial charge in [0.15, 0.2) is 11.5 Å². The molecule has 1 N–H and O–H groups in total. The van der Waals surface area contributed by atoms with Gasteiger partial charge in [0.05, 0.1) is 23.1 Å². The SMILES string of the molecule is CCOc1cc(/C=C2\SC(=S)NC2=O)cc(Br)c1OC. The number of benzene rings is 1. The van der Waals surface area contributed by atoms with Crippen molar-refractivity contribution in [3.05, 3.63) is 27.1 Å². The second kappa shape index (κ2) is 6.60. The van der Waals surface area contributed by atoms with Gasteiger partial charge >= 0.3 is 0 Å². The van der Waals surface area contributed by atoms with Crippen molar-refractivity contribution in [3.63, 3.8) is 0 Å². The largest absolute Gasteiger partial charge is 0.492 e. The number of nitrogens with one attached hydrogen (secondary N) is 1. The first kappa shape index (κ1) is 15.3. The van der Waals surface area contributed by atoms with Gasteiger partial charge < -0.3 is 14.8 Å². The van der Waals surface area contributed by atoms with Gasteiger partial charge in [0.2, 0.25) is 0 Å². The minimum atomic E-state index is -0.176. The summed E-state index contributed by atoms with van der Waals surface area (Å²) in [6.45, 7) is 2.43. The molecule has 0 saturated carbocycles. The van der Waals surface area contributed by atoms with Gasteiger partial charge in [-0.05, 0) is 46.6 Å². The molecule has 1 aliphatic rings. The number of ether oxygens (including phenoxy) is 2. The fourth-order valence-electron chi connectivity index (χ4n) is 1.70. The fourth-order valence-corrected chi connectivity index (χ4v) is 3.37. The normalized spacial score (nSPS) is 16.4. The Morgan fingerprint density at radius 1 is 1.50 bits per heavy atom. The Hall–Kier alpha value is -1.05. The first-order valence-corrected chi connectivity index (χ1v) is 7.82. The monoisotopic (exact) mass is 373 g/mol. The first-order valence-electron chi connectivity index (χ1n) is 5.80. The van der Waals surface area contributed by atoms with Crippen LogP contribution in [0.2, 0.25) is 0 Å². The van der Waals surface area contributed by atoms with E-state index < -0.39 is 0 Å². The summed E-state index contributed by atoms with van der Waals surface area (Å²) < 4.78 is 12.1. The standard InChI is InChI=1S/C13H12BrNO3S2/c1-3-18-9-5-7(4-8(14)11(9)17-2)6-10-12(16)15-13(19)20-10/h4-6H,3H2,1-2H3,(H,15,16,19)/b10-6-. The molecule has 0 atom stereocenters. The van der Waals surface area contributed by atoms with Crippen LogP contribution in [0.1, 0.15) is 12.5 Å². The first-order chi connectivity index (χ1) is 9.55. The Morgan fingerprint density at radius 3 is 2.80 bits per heavy atom. The molecule has 1 aromatic carbocycles. The number of carbonyl (C=O) groups is 1. The average Bonchev–Trinajstić information content (AvgIpc) is 2.68. The van der Waals surface area contributed by atoms with Crippen LogP contribution in [0.4, 0.5) is 0 Å². The third-order valence-electron chi connectivity index (χ3n) is 2.48. The molecule has 1 fully saturated rings. The van der Waals surface area contributed by atoms with E-state index in [2.05, 4.69) is 21.2 Å². The number of hydrogen-bond acceptors (Lipinski definition) is 5. The van der Waals surface area contributed by atoms with Gasteiger partial charge in [0, 0.05) is 0 Å². The molecule has 1 amide bonds. The molecule has 0 aliphatic carbocycles. The molecule has 20 heavy (non-hydrogen) atoms. The minimum absolute atomic E-state index is 0.176. The summed E-state index contributed by atoms with van der Waals surface area (Å²) in [4.78, 5) is 12.2. The van der Waals surface area contributed by atoms with Gasteiger partial charge in [-0.3, -0.25) is 4.79 Å². The Balaban J connectivity index is 2.40. The van der Waals surface area contributed by atoms with Crippen LogP contribution < -0.4 is 14.8 Å². The van der Waals surface area contributed by atoms with E-state index in [1.54, 1.807) is 13.2 Å². The fraction of sp³-hybridized carbons (Fsp3) is 0.231. The van der Waals surface area contributed by atoms with Crippen molar-refractivity contribution in [2.24, 2.45) is 0 Å². The van der Waals surface area contributed by atoms with Crippen molar-refractivity contribution < 1.29 is 14.3 Å². The second-order valence-corrected chi connectivity index (χ2v) is 6.39. The zero-order valence-corrected chi connectivity index (χ0v) is 14.1. The molecule has 106 valence electrons. The molecule has 1 aliphatic heterocycles. The van der Waals surface area contributed by atoms with Gasteiger partial charge in [0.1, 0.15) is 4.32 Å². The van der Waals surface area contributed by atoms with E-state index in [0.29, 0.717) is 27.3 Å². The molecule has 7 heteroatoms. The Bertz CT molecular complexity index is 602. The highest BCUT2D eigenvalue weighted by Crippen LogP contribution is 2.38. The van der Waals surface area contributed by atoms with E-state index in [1.807, 2.05) is 19.1 Å². The van der Waals surface area contributed by atoms with E-state index in [9.17, 15) is 4.79 Å². The molecule has 4 nitrogen and oxygen atoms in total. The molecular weight excluding hydrogens is 362 g/mol. The summed E-state index contributed by atoms with van der Waals surface area (Å²) in [6.07, 6.45) is 1.77. The molecule has 0 radical (unpaired) electrons. The van der Waals surface area contributed by atoms with Crippen molar-refractivity contribution in [2.75, 3.05) is 13.7 Å². The topological polar surface area (TPSA) is 47.6 Å². The van der Waals surface area contributed by atoms with Crippen LogP contribution >= 0.6 is 39.9 Å². The molecule has 2 rings (SSSR count). The highest BCUT2D eigenvalue weighted by Gasteiger charge is 2.22. The quantitative estimate of drug-likeness (QED) is 0.647. The van der Waals surface area contributed by atoms with Crippen LogP contribution in [0.3, 0.4) is 0 Å². The molecule has 1 saturated heterocycles. The van der Waals surface area contributed by atoms with Crippen molar-refractivity contribution in [3.8, 4) is 11.5 Å². The summed E-state index contributed by atoms with van der Waals surface area (Å²) in [7, 11) is 1.58. The zero-order chi connectivity index (χ0) is 14.7. The summed E-state index contributed by atoms with van der Waals surface area (Å²) in [5.74, 6) is 1.08. The zero-order valence-electron chi connectivity index (χ0n) is 10.9. The number of halogens is 1. The molecule has 0 unspecified atom stereocenters. The number of thioether (sulfide) groups is 1. The predicted octanol–water partition coefficient (Wildman–Crippen LogP) is 3.35. The van der Waals surface area contributed by atoms with Crippen molar-refractivity contribution in [1.29, 1.82) is 0 Å². The number of methoxy groups -OCH3 is 1. The average molecular weight is 374 g/mol. The van der Waals surface area contributed by atoms with Gasteiger partial charge in [-0.1, -0.05) is 24.0 Å². The predicted molar refractivity (Wildman–Crippen MR) is 88.2 cm³/mol. The number of amides is 1. The lowest BCUT2D eigenvalue weighted by molar-refractivity contribution is -0.115. The maximum Gasteiger partial charge on any atom is 0.263 e. The maximum absolute atomic E-state index is 11.7. The summed E-state index contributed by atoms with van der Waals surface area (Å²) in [5, 5.41) is 2.58. The van der Waals surface area contributed by atoms with Gasteiger partial charge in [-0.25, -0.2) is 0 Å². The van der Waals surface area contributed by atoms with E-state index in [-0.39, 0.29) is 5.91 Å². The van der Waals surface area contributed by atoms with Gasteiger partial charge in [-0.15, -0.1) is 0 Å². The van der Waals surface area contributed by atoms with Crippen molar-refractivity contribution >= 4 is 56.2 Å². The van der Waals surface area contributed by atoms with Crippen LogP contribution in [-0.4, -0.2) is 23.9 Å². The summed E-state index contributed by atoms with van der Waals surface area (Å²) in [6, 6.07) is 3.69. The molecule has 0 aromatic heterocycles. The molecule has 0 bridgehead atoms. The lowest BCUT2D eigenvalue weighted by atomic mass is 10.2. The number of thiocarbonyl (C=S) groups is 1. The van der Waals surface area contributed by atoms with Crippen molar-refractivity contribution in [1.82, 2.24) is 5.32 Å². The lowest BCUT2D eigenvalue weighted by Crippen LogP contribution is -2.17. The third-order valence-corrected chi connectivity index (χ3v) is 4.23. The molecule has 0 spiro atoms. The molecule has 1 heterocycles. The smallest absolute Gasteiger partial charge is 0.263 e. The molecular formula is C13H12BrNO3S2. The van der Waals surface area contributed by atoms with Gasteiger partial charge in [-0.2, -0.15) is 0 Å². The Labute approximate surface area is 135 Å². The van der Waals surface area contributed by atoms with E-state index in [4.69, 9.17) is 21.7 Å². The second-order valence-electron chi connectivity index (χ2n) is 3.82. The highest BCUT2D eigenvalue weighted by molar-refractivity contribution is 9.10. The number of hydrogen-bond donors (Lipinski definition) is 1. The lowest BCUT2D eigenvalue weighted by Gasteiger charge is -2.12. The van der Waals surface area contributed by atoms with Gasteiger partial charge in [0.25, 0.3) is 5.91 Å². The third kappa shape index (κ3) is 3.34. The van der Waals surface area contributed by atoms with E-state index in [1.165, 1.54) is 11.8 Å². The van der Waals surface area contributed by atoms with E-state index in [0.717, 1.165) is 10.0 Å². The van der Waals surface area contributed by atoms with Crippen LogP contribution in [0.15, 0.2) is 21.5 Å². The van der Waals surface area contributed by atoms with Crippen molar-refractivity contribution in [2.45, 2.75) is 6.92 Å². The summed E-state index contributed by atoms with van der Waals surface area (Å²) in [5.41, 5.74) is 0.837. The number of rotatable bonds is 4. The Morgan fingerprint density at radius 2 is 2.25 bits per heavy atom. The minimum Gasteiger partial charge on any atom is -0.492 e. The highest BCUT2D eigenvalue weighted by atomic mass is 79.9. The van der Waals surface area contributed by atoms with Crippen LogP contribution in [0.5, 0.6) is 11.5 Å². The summed E-state index contributed by atoms with van der Waals surface area (Å²) >= 11 is 9.64. The van der Waals surface area contributed by atoms with Crippen LogP contribution in [0, 0.1) is 0 Å². The Kier molecular flexibility index (Phi) is 5.06. The van der Waals surface area contributed by atoms with E-state index >= 15 is 0 Å².